The minimum Gasteiger partial charge on any atom is -0.376 e. The lowest BCUT2D eigenvalue weighted by Crippen LogP contribution is -2.15. The second-order valence-corrected chi connectivity index (χ2v) is 5.03. The zero-order valence-corrected chi connectivity index (χ0v) is 11.4. The van der Waals surface area contributed by atoms with Crippen molar-refractivity contribution in [1.29, 1.82) is 0 Å². The van der Waals surface area contributed by atoms with E-state index in [2.05, 4.69) is 30.4 Å². The highest BCUT2D eigenvalue weighted by Crippen LogP contribution is 2.20. The van der Waals surface area contributed by atoms with E-state index in [1.54, 1.807) is 12.5 Å². The zero-order chi connectivity index (χ0) is 14.1. The Bertz CT molecular complexity index is 744. The summed E-state index contributed by atoms with van der Waals surface area (Å²) in [6, 6.07) is 0. The molecule has 4 rings (SSSR count). The molecule has 0 aromatic carbocycles. The van der Waals surface area contributed by atoms with E-state index in [0.29, 0.717) is 17.0 Å². The van der Waals surface area contributed by atoms with E-state index < -0.39 is 0 Å². The first-order chi connectivity index (χ1) is 10.4. The van der Waals surface area contributed by atoms with Gasteiger partial charge in [-0.1, -0.05) is 0 Å². The van der Waals surface area contributed by atoms with Crippen LogP contribution in [0.4, 0.5) is 11.5 Å². The predicted molar refractivity (Wildman–Crippen MR) is 76.2 cm³/mol. The van der Waals surface area contributed by atoms with Gasteiger partial charge in [-0.3, -0.25) is 4.68 Å². The smallest absolute Gasteiger partial charge is 0.162 e. The molecule has 8 heteroatoms. The Morgan fingerprint density at radius 3 is 3.29 bits per heavy atom. The van der Waals surface area contributed by atoms with Crippen molar-refractivity contribution in [3.8, 4) is 0 Å². The summed E-state index contributed by atoms with van der Waals surface area (Å²) in [5.41, 5.74) is 2.29. The third-order valence-electron chi connectivity index (χ3n) is 3.53. The van der Waals surface area contributed by atoms with Crippen LogP contribution in [0, 0.1) is 0 Å². The number of aromatic amines is 1. The fraction of sp³-hybridized carbons (Fsp3) is 0.385. The van der Waals surface area contributed by atoms with Crippen molar-refractivity contribution >= 4 is 22.7 Å². The highest BCUT2D eigenvalue weighted by atomic mass is 16.5. The first-order valence-corrected chi connectivity index (χ1v) is 6.93. The number of fused-ring (bicyclic) bond motifs is 1. The molecule has 0 aliphatic carbocycles. The number of hydrogen-bond acceptors (Lipinski definition) is 6. The van der Waals surface area contributed by atoms with Crippen molar-refractivity contribution in [2.75, 3.05) is 11.9 Å². The summed E-state index contributed by atoms with van der Waals surface area (Å²) in [6.07, 6.45) is 9.33. The summed E-state index contributed by atoms with van der Waals surface area (Å²) in [7, 11) is 0. The molecule has 4 heterocycles. The van der Waals surface area contributed by atoms with Crippen molar-refractivity contribution in [2.45, 2.75) is 25.5 Å². The number of H-pyrrole nitrogens is 1. The molecule has 1 aliphatic heterocycles. The standard InChI is InChI=1S/C13H15N7O/c1-2-10(21-3-1)6-20-5-9(4-18-20)19-13-11-12(15-7-14-11)16-8-17-13/h4-5,7-8,10H,1-3,6H2,(H2,14,15,16,17,19). The second-order valence-electron chi connectivity index (χ2n) is 5.03. The van der Waals surface area contributed by atoms with Gasteiger partial charge in [0.1, 0.15) is 6.33 Å². The lowest BCUT2D eigenvalue weighted by Gasteiger charge is -2.08. The molecule has 0 spiro atoms. The van der Waals surface area contributed by atoms with Gasteiger partial charge in [-0.25, -0.2) is 15.0 Å². The molecule has 1 fully saturated rings. The number of anilines is 2. The van der Waals surface area contributed by atoms with Gasteiger partial charge in [-0.15, -0.1) is 0 Å². The van der Waals surface area contributed by atoms with Gasteiger partial charge in [0, 0.05) is 12.8 Å². The lowest BCUT2D eigenvalue weighted by atomic mass is 10.2. The maximum absolute atomic E-state index is 5.62. The topological polar surface area (TPSA) is 93.5 Å². The summed E-state index contributed by atoms with van der Waals surface area (Å²) >= 11 is 0. The van der Waals surface area contributed by atoms with Crippen molar-refractivity contribution in [3.05, 3.63) is 25.0 Å². The zero-order valence-electron chi connectivity index (χ0n) is 11.4. The van der Waals surface area contributed by atoms with Gasteiger partial charge in [-0.2, -0.15) is 5.10 Å². The van der Waals surface area contributed by atoms with Crippen LogP contribution in [0.1, 0.15) is 12.8 Å². The maximum Gasteiger partial charge on any atom is 0.162 e. The van der Waals surface area contributed by atoms with E-state index in [0.717, 1.165) is 31.7 Å². The molecule has 108 valence electrons. The second kappa shape index (κ2) is 5.13. The van der Waals surface area contributed by atoms with Crippen LogP contribution in [-0.2, 0) is 11.3 Å². The SMILES string of the molecule is c1nc(Nc2cnn(CC3CCCO3)c2)c2nc[nH]c2n1. The van der Waals surface area contributed by atoms with Gasteiger partial charge in [-0.05, 0) is 12.8 Å². The van der Waals surface area contributed by atoms with E-state index >= 15 is 0 Å². The number of nitrogens with zero attached hydrogens (tertiary/aromatic N) is 5. The Kier molecular flexibility index (Phi) is 3.00. The molecule has 0 saturated carbocycles. The van der Waals surface area contributed by atoms with Crippen LogP contribution >= 0.6 is 0 Å². The van der Waals surface area contributed by atoms with Crippen molar-refractivity contribution in [2.24, 2.45) is 0 Å². The third-order valence-corrected chi connectivity index (χ3v) is 3.53. The van der Waals surface area contributed by atoms with Crippen LogP contribution in [0.2, 0.25) is 0 Å². The highest BCUT2D eigenvalue weighted by molar-refractivity contribution is 5.84. The van der Waals surface area contributed by atoms with Gasteiger partial charge in [0.25, 0.3) is 0 Å². The van der Waals surface area contributed by atoms with Crippen molar-refractivity contribution < 1.29 is 4.74 Å². The molecule has 1 aliphatic rings. The van der Waals surface area contributed by atoms with Gasteiger partial charge in [0.2, 0.25) is 0 Å². The normalized spacial score (nSPS) is 18.4. The van der Waals surface area contributed by atoms with Gasteiger partial charge >= 0.3 is 0 Å². The lowest BCUT2D eigenvalue weighted by molar-refractivity contribution is 0.0940. The van der Waals surface area contributed by atoms with E-state index in [1.807, 2.05) is 10.9 Å². The van der Waals surface area contributed by atoms with E-state index in [4.69, 9.17) is 4.74 Å². The minimum atomic E-state index is 0.273. The molecule has 1 atom stereocenters. The van der Waals surface area contributed by atoms with Crippen molar-refractivity contribution in [3.63, 3.8) is 0 Å². The molecule has 1 saturated heterocycles. The fourth-order valence-corrected chi connectivity index (χ4v) is 2.52. The molecule has 0 amide bonds. The number of imidazole rings is 1. The number of rotatable bonds is 4. The monoisotopic (exact) mass is 285 g/mol. The van der Waals surface area contributed by atoms with Gasteiger partial charge < -0.3 is 15.0 Å². The summed E-state index contributed by atoms with van der Waals surface area (Å²) in [6.45, 7) is 1.64. The fourth-order valence-electron chi connectivity index (χ4n) is 2.52. The largest absolute Gasteiger partial charge is 0.376 e. The molecular weight excluding hydrogens is 270 g/mol. The first kappa shape index (κ1) is 12.3. The number of ether oxygens (including phenoxy) is 1. The number of hydrogen-bond donors (Lipinski definition) is 2. The molecule has 0 radical (unpaired) electrons. The Balaban J connectivity index is 1.52. The summed E-state index contributed by atoms with van der Waals surface area (Å²) in [5.74, 6) is 0.665. The molecule has 0 bridgehead atoms. The molecule has 21 heavy (non-hydrogen) atoms. The molecule has 3 aromatic heterocycles. The van der Waals surface area contributed by atoms with E-state index in [9.17, 15) is 0 Å². The Hall–Kier alpha value is -2.48. The van der Waals surface area contributed by atoms with E-state index in [-0.39, 0.29) is 6.10 Å². The van der Waals surface area contributed by atoms with Crippen LogP contribution < -0.4 is 5.32 Å². The average Bonchev–Trinajstić information content (AvgIpc) is 3.21. The predicted octanol–water partition coefficient (Wildman–Crippen LogP) is 1.47. The summed E-state index contributed by atoms with van der Waals surface area (Å²) in [4.78, 5) is 15.5. The summed E-state index contributed by atoms with van der Waals surface area (Å²) in [5, 5.41) is 7.57. The van der Waals surface area contributed by atoms with E-state index in [1.165, 1.54) is 6.33 Å². The molecular formula is C13H15N7O. The first-order valence-electron chi connectivity index (χ1n) is 6.93. The number of aromatic nitrogens is 6. The summed E-state index contributed by atoms with van der Waals surface area (Å²) < 4.78 is 7.51. The maximum atomic E-state index is 5.62. The molecule has 3 aromatic rings. The Morgan fingerprint density at radius 1 is 1.38 bits per heavy atom. The Morgan fingerprint density at radius 2 is 2.38 bits per heavy atom. The average molecular weight is 285 g/mol. The van der Waals surface area contributed by atoms with Crippen LogP contribution in [-0.4, -0.2) is 42.4 Å². The van der Waals surface area contributed by atoms with Gasteiger partial charge in [0.05, 0.1) is 30.9 Å². The van der Waals surface area contributed by atoms with Gasteiger partial charge in [0.15, 0.2) is 17.0 Å². The van der Waals surface area contributed by atoms with Crippen LogP contribution in [0.5, 0.6) is 0 Å². The number of nitrogens with one attached hydrogen (secondary N) is 2. The quantitative estimate of drug-likeness (QED) is 0.754. The molecule has 2 N–H and O–H groups in total. The minimum absolute atomic E-state index is 0.273. The molecule has 8 nitrogen and oxygen atoms in total. The van der Waals surface area contributed by atoms with Crippen LogP contribution in [0.25, 0.3) is 11.2 Å². The van der Waals surface area contributed by atoms with Crippen molar-refractivity contribution in [1.82, 2.24) is 29.7 Å². The highest BCUT2D eigenvalue weighted by Gasteiger charge is 2.16. The van der Waals surface area contributed by atoms with Crippen LogP contribution in [0.3, 0.4) is 0 Å². The third kappa shape index (κ3) is 2.45. The Labute approximate surface area is 120 Å². The van der Waals surface area contributed by atoms with Crippen LogP contribution in [0.15, 0.2) is 25.0 Å². The molecule has 1 unspecified atom stereocenters.